The van der Waals surface area contributed by atoms with Gasteiger partial charge in [0.2, 0.25) is 0 Å². The first-order chi connectivity index (χ1) is 8.72. The molecule has 0 unspecified atom stereocenters. The zero-order chi connectivity index (χ0) is 13.0. The van der Waals surface area contributed by atoms with E-state index in [1.54, 1.807) is 12.1 Å². The minimum absolute atomic E-state index is 0.155. The molecule has 3 nitrogen and oxygen atoms in total. The van der Waals surface area contributed by atoms with Crippen molar-refractivity contribution in [1.82, 2.24) is 5.01 Å². The van der Waals surface area contributed by atoms with Crippen LogP contribution >= 0.6 is 0 Å². The Balaban J connectivity index is 2.23. The summed E-state index contributed by atoms with van der Waals surface area (Å²) in [6, 6.07) is 17.5. The lowest BCUT2D eigenvalue weighted by molar-refractivity contribution is 0.0764. The van der Waals surface area contributed by atoms with Crippen LogP contribution in [-0.2, 0) is 0 Å². The summed E-state index contributed by atoms with van der Waals surface area (Å²) in [5.41, 5.74) is 2.84. The maximum Gasteiger partial charge on any atom is 0.267 e. The fraction of sp³-hybridized carbons (Fsp3) is 0.133. The number of hydrazine groups is 1. The van der Waals surface area contributed by atoms with Crippen LogP contribution in [0, 0.1) is 0 Å². The monoisotopic (exact) mass is 240 g/mol. The van der Waals surface area contributed by atoms with Crippen LogP contribution in [0.25, 0.3) is 11.1 Å². The molecule has 0 bridgehead atoms. The number of hydrogen-bond acceptors (Lipinski definition) is 2. The highest BCUT2D eigenvalue weighted by Crippen LogP contribution is 2.19. The Kier molecular flexibility index (Phi) is 3.75. The van der Waals surface area contributed by atoms with Crippen LogP contribution in [0.3, 0.4) is 0 Å². The summed E-state index contributed by atoms with van der Waals surface area (Å²) >= 11 is 0. The molecule has 92 valence electrons. The molecule has 0 aromatic heterocycles. The molecule has 2 N–H and O–H groups in total. The Bertz CT molecular complexity index is 520. The van der Waals surface area contributed by atoms with E-state index < -0.39 is 0 Å². The predicted octanol–water partition coefficient (Wildman–Crippen LogP) is 2.69. The van der Waals surface area contributed by atoms with Gasteiger partial charge in [-0.15, -0.1) is 0 Å². The van der Waals surface area contributed by atoms with Crippen LogP contribution in [0.4, 0.5) is 0 Å². The van der Waals surface area contributed by atoms with Crippen LogP contribution in [0.1, 0.15) is 17.3 Å². The molecule has 0 saturated heterocycles. The quantitative estimate of drug-likeness (QED) is 0.509. The molecule has 0 heterocycles. The molecule has 0 radical (unpaired) electrons. The molecule has 0 aliphatic heterocycles. The van der Waals surface area contributed by atoms with E-state index in [9.17, 15) is 4.79 Å². The van der Waals surface area contributed by atoms with Crippen LogP contribution < -0.4 is 5.84 Å². The Morgan fingerprint density at radius 2 is 1.56 bits per heavy atom. The Morgan fingerprint density at radius 1 is 1.00 bits per heavy atom. The standard InChI is InChI=1S/C15H16N2O/c1-2-17(16)15(18)14-10-8-13(9-11-14)12-6-4-3-5-7-12/h3-11H,2,16H2,1H3. The Labute approximate surface area is 107 Å². The summed E-state index contributed by atoms with van der Waals surface area (Å²) in [6.45, 7) is 2.34. The molecule has 0 atom stereocenters. The molecule has 18 heavy (non-hydrogen) atoms. The fourth-order valence-electron chi connectivity index (χ4n) is 1.75. The molecule has 0 spiro atoms. The highest BCUT2D eigenvalue weighted by Gasteiger charge is 2.10. The van der Waals surface area contributed by atoms with Gasteiger partial charge in [-0.1, -0.05) is 42.5 Å². The lowest BCUT2D eigenvalue weighted by Crippen LogP contribution is -2.36. The number of hydrogen-bond donors (Lipinski definition) is 1. The van der Waals surface area contributed by atoms with Gasteiger partial charge >= 0.3 is 0 Å². The maximum atomic E-state index is 11.8. The predicted molar refractivity (Wildman–Crippen MR) is 72.8 cm³/mol. The van der Waals surface area contributed by atoms with Crippen LogP contribution in [0.15, 0.2) is 54.6 Å². The molecular formula is C15H16N2O. The van der Waals surface area contributed by atoms with Gasteiger partial charge in [0.05, 0.1) is 0 Å². The third-order valence-electron chi connectivity index (χ3n) is 2.84. The van der Waals surface area contributed by atoms with Crippen molar-refractivity contribution in [2.45, 2.75) is 6.92 Å². The average molecular weight is 240 g/mol. The first-order valence-electron chi connectivity index (χ1n) is 5.94. The van der Waals surface area contributed by atoms with Gasteiger partial charge in [-0.25, -0.2) is 5.84 Å². The van der Waals surface area contributed by atoms with Crippen LogP contribution in [0.5, 0.6) is 0 Å². The second-order valence-electron chi connectivity index (χ2n) is 4.03. The summed E-state index contributed by atoms with van der Waals surface area (Å²) in [5.74, 6) is 5.43. The summed E-state index contributed by atoms with van der Waals surface area (Å²) in [5, 5.41) is 1.21. The molecule has 0 aliphatic carbocycles. The van der Waals surface area contributed by atoms with E-state index in [0.717, 1.165) is 11.1 Å². The van der Waals surface area contributed by atoms with E-state index in [1.165, 1.54) is 5.01 Å². The Morgan fingerprint density at radius 3 is 2.11 bits per heavy atom. The van der Waals surface area contributed by atoms with Gasteiger partial charge in [0.1, 0.15) is 0 Å². The molecule has 2 rings (SSSR count). The highest BCUT2D eigenvalue weighted by atomic mass is 16.2. The molecule has 3 heteroatoms. The van der Waals surface area contributed by atoms with Crippen molar-refractivity contribution < 1.29 is 4.79 Å². The van der Waals surface area contributed by atoms with Gasteiger partial charge in [0.25, 0.3) is 5.91 Å². The van der Waals surface area contributed by atoms with Gasteiger partial charge in [-0.3, -0.25) is 9.80 Å². The summed E-state index contributed by atoms with van der Waals surface area (Å²) in [4.78, 5) is 11.8. The number of nitrogens with two attached hydrogens (primary N) is 1. The van der Waals surface area contributed by atoms with E-state index in [4.69, 9.17) is 5.84 Å². The second-order valence-corrected chi connectivity index (χ2v) is 4.03. The van der Waals surface area contributed by atoms with E-state index in [1.807, 2.05) is 49.4 Å². The van der Waals surface area contributed by atoms with E-state index in [2.05, 4.69) is 0 Å². The minimum Gasteiger partial charge on any atom is -0.277 e. The van der Waals surface area contributed by atoms with Crippen molar-refractivity contribution in [2.24, 2.45) is 5.84 Å². The van der Waals surface area contributed by atoms with Gasteiger partial charge in [-0.05, 0) is 30.2 Å². The SMILES string of the molecule is CCN(N)C(=O)c1ccc(-c2ccccc2)cc1. The third kappa shape index (κ3) is 2.57. The van der Waals surface area contributed by atoms with Gasteiger partial charge in [0, 0.05) is 12.1 Å². The van der Waals surface area contributed by atoms with Crippen LogP contribution in [0.2, 0.25) is 0 Å². The summed E-state index contributed by atoms with van der Waals surface area (Å²) in [7, 11) is 0. The Hall–Kier alpha value is -2.13. The summed E-state index contributed by atoms with van der Waals surface area (Å²) in [6.07, 6.45) is 0. The molecule has 0 aliphatic rings. The first-order valence-corrected chi connectivity index (χ1v) is 5.94. The lowest BCUT2D eigenvalue weighted by Gasteiger charge is -2.14. The summed E-state index contributed by atoms with van der Waals surface area (Å²) < 4.78 is 0. The van der Waals surface area contributed by atoms with Gasteiger partial charge < -0.3 is 0 Å². The zero-order valence-electron chi connectivity index (χ0n) is 10.3. The topological polar surface area (TPSA) is 46.3 Å². The molecular weight excluding hydrogens is 224 g/mol. The number of nitrogens with zero attached hydrogens (tertiary/aromatic N) is 1. The number of rotatable bonds is 3. The fourth-order valence-corrected chi connectivity index (χ4v) is 1.75. The molecule has 2 aromatic rings. The molecule has 0 fully saturated rings. The first kappa shape index (κ1) is 12.3. The smallest absolute Gasteiger partial charge is 0.267 e. The molecule has 0 saturated carbocycles. The lowest BCUT2D eigenvalue weighted by atomic mass is 10.0. The second kappa shape index (κ2) is 5.47. The van der Waals surface area contributed by atoms with Crippen molar-refractivity contribution in [3.63, 3.8) is 0 Å². The molecule has 1 amide bonds. The maximum absolute atomic E-state index is 11.8. The van der Waals surface area contributed by atoms with Gasteiger partial charge in [0.15, 0.2) is 0 Å². The number of amides is 1. The van der Waals surface area contributed by atoms with E-state index >= 15 is 0 Å². The van der Waals surface area contributed by atoms with Crippen LogP contribution in [-0.4, -0.2) is 17.5 Å². The van der Waals surface area contributed by atoms with Crippen molar-refractivity contribution in [1.29, 1.82) is 0 Å². The number of benzene rings is 2. The normalized spacial score (nSPS) is 10.1. The number of carbonyl (C=O) groups is 1. The zero-order valence-corrected chi connectivity index (χ0v) is 10.3. The largest absolute Gasteiger partial charge is 0.277 e. The van der Waals surface area contributed by atoms with Crippen molar-refractivity contribution in [2.75, 3.05) is 6.54 Å². The number of carbonyl (C=O) groups excluding carboxylic acids is 1. The average Bonchev–Trinajstić information content (AvgIpc) is 2.47. The van der Waals surface area contributed by atoms with E-state index in [-0.39, 0.29) is 5.91 Å². The minimum atomic E-state index is -0.155. The van der Waals surface area contributed by atoms with Gasteiger partial charge in [-0.2, -0.15) is 0 Å². The van der Waals surface area contributed by atoms with E-state index in [0.29, 0.717) is 12.1 Å². The van der Waals surface area contributed by atoms with Crippen molar-refractivity contribution >= 4 is 5.91 Å². The third-order valence-corrected chi connectivity index (χ3v) is 2.84. The highest BCUT2D eigenvalue weighted by molar-refractivity contribution is 5.94. The molecule has 2 aromatic carbocycles. The van der Waals surface area contributed by atoms with Crippen molar-refractivity contribution in [3.05, 3.63) is 60.2 Å². The van der Waals surface area contributed by atoms with Crippen molar-refractivity contribution in [3.8, 4) is 11.1 Å².